The maximum Gasteiger partial charge on any atom is 0.391 e. The summed E-state index contributed by atoms with van der Waals surface area (Å²) in [7, 11) is 0. The van der Waals surface area contributed by atoms with Gasteiger partial charge in [0.05, 0.1) is 5.92 Å². The van der Waals surface area contributed by atoms with E-state index in [1.165, 1.54) is 0 Å². The molecule has 1 amide bonds. The van der Waals surface area contributed by atoms with Crippen LogP contribution in [-0.2, 0) is 11.2 Å². The Balaban J connectivity index is 1.70. The van der Waals surface area contributed by atoms with Gasteiger partial charge in [0.15, 0.2) is 0 Å². The molecule has 0 radical (unpaired) electrons. The monoisotopic (exact) mass is 299 g/mol. The second-order valence-electron chi connectivity index (χ2n) is 5.64. The van der Waals surface area contributed by atoms with Gasteiger partial charge in [-0.3, -0.25) is 4.79 Å². The van der Waals surface area contributed by atoms with Crippen LogP contribution in [0.25, 0.3) is 0 Å². The molecule has 21 heavy (non-hydrogen) atoms. The van der Waals surface area contributed by atoms with Gasteiger partial charge in [-0.15, -0.1) is 0 Å². The number of rotatable bonds is 4. The lowest BCUT2D eigenvalue weighted by molar-refractivity contribution is -0.182. The van der Waals surface area contributed by atoms with Gasteiger partial charge in [-0.1, -0.05) is 30.3 Å². The zero-order valence-electron chi connectivity index (χ0n) is 11.8. The maximum absolute atomic E-state index is 12.6. The molecule has 0 saturated heterocycles. The highest BCUT2D eigenvalue weighted by Crippen LogP contribution is 2.37. The van der Waals surface area contributed by atoms with Gasteiger partial charge < -0.3 is 5.32 Å². The highest BCUT2D eigenvalue weighted by Gasteiger charge is 2.41. The molecule has 0 atom stereocenters. The van der Waals surface area contributed by atoms with Crippen molar-refractivity contribution in [3.63, 3.8) is 0 Å². The fourth-order valence-corrected chi connectivity index (χ4v) is 2.77. The Morgan fingerprint density at radius 1 is 1.10 bits per heavy atom. The Labute approximate surface area is 122 Å². The minimum absolute atomic E-state index is 0.0747. The molecule has 0 bridgehead atoms. The zero-order chi connectivity index (χ0) is 15.3. The minimum Gasteiger partial charge on any atom is -0.353 e. The van der Waals surface area contributed by atoms with Crippen molar-refractivity contribution in [3.8, 4) is 0 Å². The van der Waals surface area contributed by atoms with E-state index in [4.69, 9.17) is 0 Å². The van der Waals surface area contributed by atoms with E-state index in [1.807, 2.05) is 30.3 Å². The smallest absolute Gasteiger partial charge is 0.353 e. The summed E-state index contributed by atoms with van der Waals surface area (Å²) in [4.78, 5) is 11.8. The van der Waals surface area contributed by atoms with Gasteiger partial charge in [0.1, 0.15) is 0 Å². The summed E-state index contributed by atoms with van der Waals surface area (Å²) >= 11 is 0. The Hall–Kier alpha value is -1.52. The fraction of sp³-hybridized carbons (Fsp3) is 0.562. The van der Waals surface area contributed by atoms with E-state index in [9.17, 15) is 18.0 Å². The number of alkyl halides is 3. The highest BCUT2D eigenvalue weighted by atomic mass is 19.4. The van der Waals surface area contributed by atoms with Crippen molar-refractivity contribution in [1.82, 2.24) is 5.32 Å². The Morgan fingerprint density at radius 3 is 2.29 bits per heavy atom. The summed E-state index contributed by atoms with van der Waals surface area (Å²) in [5.41, 5.74) is 1.09. The Bertz CT molecular complexity index is 450. The first kappa shape index (κ1) is 15.9. The number of benzene rings is 1. The standard InChI is InChI=1S/C16H20F3NO/c17-16(18,19)13-7-9-14(10-8-13)20-15(21)11-6-12-4-2-1-3-5-12/h1-5,13-14H,6-11H2,(H,20,21). The van der Waals surface area contributed by atoms with Crippen LogP contribution >= 0.6 is 0 Å². The number of nitrogens with one attached hydrogen (secondary N) is 1. The molecule has 2 rings (SSSR count). The van der Waals surface area contributed by atoms with Gasteiger partial charge in [0.25, 0.3) is 0 Å². The van der Waals surface area contributed by atoms with Crippen molar-refractivity contribution < 1.29 is 18.0 Å². The molecular formula is C16H20F3NO. The first-order chi connectivity index (χ1) is 9.95. The normalized spacial score (nSPS) is 22.8. The van der Waals surface area contributed by atoms with Crippen molar-refractivity contribution in [2.24, 2.45) is 5.92 Å². The Morgan fingerprint density at radius 2 is 1.71 bits per heavy atom. The average Bonchev–Trinajstić information content (AvgIpc) is 2.46. The molecule has 2 nitrogen and oxygen atoms in total. The third kappa shape index (κ3) is 5.06. The van der Waals surface area contributed by atoms with Gasteiger partial charge in [0, 0.05) is 12.5 Å². The predicted octanol–water partition coefficient (Wildman–Crippen LogP) is 3.86. The number of hydrogen-bond acceptors (Lipinski definition) is 1. The number of carbonyl (C=O) groups excluding carboxylic acids is 1. The molecule has 1 aromatic carbocycles. The minimum atomic E-state index is -4.09. The predicted molar refractivity (Wildman–Crippen MR) is 74.7 cm³/mol. The van der Waals surface area contributed by atoms with Crippen LogP contribution < -0.4 is 5.32 Å². The summed E-state index contributed by atoms with van der Waals surface area (Å²) < 4.78 is 37.7. The quantitative estimate of drug-likeness (QED) is 0.899. The summed E-state index contributed by atoms with van der Waals surface area (Å²) in [5.74, 6) is -1.27. The van der Waals surface area contributed by atoms with Crippen LogP contribution in [0.2, 0.25) is 0 Å². The van der Waals surface area contributed by atoms with Gasteiger partial charge >= 0.3 is 6.18 Å². The zero-order valence-corrected chi connectivity index (χ0v) is 11.8. The van der Waals surface area contributed by atoms with Crippen molar-refractivity contribution in [3.05, 3.63) is 35.9 Å². The molecule has 0 unspecified atom stereocenters. The third-order valence-corrected chi connectivity index (χ3v) is 4.04. The molecule has 1 saturated carbocycles. The van der Waals surface area contributed by atoms with Gasteiger partial charge in [-0.05, 0) is 37.7 Å². The summed E-state index contributed by atoms with van der Waals surface area (Å²) in [6.45, 7) is 0. The molecule has 0 heterocycles. The average molecular weight is 299 g/mol. The van der Waals surface area contributed by atoms with Gasteiger partial charge in [-0.25, -0.2) is 0 Å². The molecule has 1 N–H and O–H groups in total. The van der Waals surface area contributed by atoms with Crippen molar-refractivity contribution in [2.45, 2.75) is 50.7 Å². The SMILES string of the molecule is O=C(CCc1ccccc1)NC1CCC(C(F)(F)F)CC1. The highest BCUT2D eigenvalue weighted by molar-refractivity contribution is 5.76. The van der Waals surface area contributed by atoms with Crippen molar-refractivity contribution in [1.29, 1.82) is 0 Å². The van der Waals surface area contributed by atoms with Gasteiger partial charge in [0.2, 0.25) is 5.91 Å². The van der Waals surface area contributed by atoms with Crippen molar-refractivity contribution in [2.75, 3.05) is 0 Å². The molecule has 1 aliphatic rings. The van der Waals surface area contributed by atoms with Crippen LogP contribution in [0.1, 0.15) is 37.7 Å². The van der Waals surface area contributed by atoms with Gasteiger partial charge in [-0.2, -0.15) is 13.2 Å². The molecular weight excluding hydrogens is 279 g/mol. The van der Waals surface area contributed by atoms with E-state index in [-0.39, 0.29) is 24.8 Å². The third-order valence-electron chi connectivity index (χ3n) is 4.04. The molecule has 0 aromatic heterocycles. The largest absolute Gasteiger partial charge is 0.391 e. The molecule has 1 aliphatic carbocycles. The lowest BCUT2D eigenvalue weighted by atomic mass is 9.85. The second kappa shape index (κ2) is 6.96. The van der Waals surface area contributed by atoms with E-state index in [0.29, 0.717) is 25.7 Å². The van der Waals surface area contributed by atoms with Crippen LogP contribution in [0.4, 0.5) is 13.2 Å². The van der Waals surface area contributed by atoms with Crippen LogP contribution in [0.5, 0.6) is 0 Å². The number of carbonyl (C=O) groups is 1. The van der Waals surface area contributed by atoms with Crippen LogP contribution in [0.15, 0.2) is 30.3 Å². The number of amides is 1. The van der Waals surface area contributed by atoms with Crippen molar-refractivity contribution >= 4 is 5.91 Å². The first-order valence-corrected chi connectivity index (χ1v) is 7.35. The van der Waals surface area contributed by atoms with E-state index in [1.54, 1.807) is 0 Å². The molecule has 116 valence electrons. The lowest BCUT2D eigenvalue weighted by Gasteiger charge is -2.30. The summed E-state index contributed by atoms with van der Waals surface area (Å²) in [6.07, 6.45) is -1.99. The van der Waals surface area contributed by atoms with E-state index >= 15 is 0 Å². The van der Waals surface area contributed by atoms with Crippen LogP contribution in [0, 0.1) is 5.92 Å². The Kier molecular flexibility index (Phi) is 5.26. The van der Waals surface area contributed by atoms with Crippen LogP contribution in [0.3, 0.4) is 0 Å². The molecule has 1 fully saturated rings. The molecule has 0 aliphatic heterocycles. The topological polar surface area (TPSA) is 29.1 Å². The molecule has 0 spiro atoms. The first-order valence-electron chi connectivity index (χ1n) is 7.35. The van der Waals surface area contributed by atoms with E-state index in [2.05, 4.69) is 5.32 Å². The van der Waals surface area contributed by atoms with E-state index in [0.717, 1.165) is 5.56 Å². The number of aryl methyl sites for hydroxylation is 1. The number of hydrogen-bond donors (Lipinski definition) is 1. The maximum atomic E-state index is 12.6. The van der Waals surface area contributed by atoms with Crippen LogP contribution in [-0.4, -0.2) is 18.1 Å². The number of halogens is 3. The molecule has 1 aromatic rings. The summed E-state index contributed by atoms with van der Waals surface area (Å²) in [5, 5.41) is 2.85. The fourth-order valence-electron chi connectivity index (χ4n) is 2.77. The lowest BCUT2D eigenvalue weighted by Crippen LogP contribution is -2.40. The second-order valence-corrected chi connectivity index (χ2v) is 5.64. The molecule has 5 heteroatoms. The summed E-state index contributed by atoms with van der Waals surface area (Å²) in [6, 6.07) is 9.58. The van der Waals surface area contributed by atoms with E-state index < -0.39 is 12.1 Å².